The molecule has 18 heteroatoms. The smallest absolute Gasteiger partial charge is 0.261 e. The minimum absolute atomic E-state index is 0.0452. The van der Waals surface area contributed by atoms with Crippen LogP contribution in [0.15, 0.2) is 24.3 Å². The van der Waals surface area contributed by atoms with Gasteiger partial charge in [-0.1, -0.05) is 46.4 Å². The van der Waals surface area contributed by atoms with Crippen LogP contribution in [0.2, 0.25) is 20.1 Å². The van der Waals surface area contributed by atoms with E-state index >= 15 is 0 Å². The molecule has 5 aromatic rings. The Morgan fingerprint density at radius 2 is 0.603 bits per heavy atom. The lowest BCUT2D eigenvalue weighted by Gasteiger charge is -2.31. The first kappa shape index (κ1) is 42.6. The Labute approximate surface area is 351 Å². The molecule has 2 aliphatic rings. The van der Waals surface area contributed by atoms with Crippen LogP contribution in [-0.4, -0.2) is 149 Å². The summed E-state index contributed by atoms with van der Waals surface area (Å²) in [5, 5.41) is 21.1. The van der Waals surface area contributed by atoms with E-state index in [1.165, 1.54) is 24.3 Å². The lowest BCUT2D eigenvalue weighted by Crippen LogP contribution is -2.42. The predicted molar refractivity (Wildman–Crippen MR) is 218 cm³/mol. The largest absolute Gasteiger partial charge is 0.394 e. The first-order valence-corrected chi connectivity index (χ1v) is 20.0. The third kappa shape index (κ3) is 7.94. The van der Waals surface area contributed by atoms with Crippen molar-refractivity contribution in [3.8, 4) is 0 Å². The van der Waals surface area contributed by atoms with Gasteiger partial charge in [-0.2, -0.15) is 0 Å². The molecule has 308 valence electrons. The fourth-order valence-electron chi connectivity index (χ4n) is 7.49. The number of ether oxygens (including phenoxy) is 6. The van der Waals surface area contributed by atoms with E-state index in [1.54, 1.807) is 0 Å². The summed E-state index contributed by atoms with van der Waals surface area (Å²) in [6.07, 6.45) is 0. The number of imide groups is 2. The maximum Gasteiger partial charge on any atom is 0.261 e. The second-order valence-electron chi connectivity index (χ2n) is 13.3. The number of fused-ring (bicyclic) bond motifs is 2. The fourth-order valence-corrected chi connectivity index (χ4v) is 8.68. The monoisotopic (exact) mass is 878 g/mol. The van der Waals surface area contributed by atoms with E-state index in [-0.39, 0.29) is 122 Å². The zero-order valence-electron chi connectivity index (χ0n) is 31.0. The molecule has 0 aromatic heterocycles. The highest BCUT2D eigenvalue weighted by Crippen LogP contribution is 2.53. The molecule has 0 bridgehead atoms. The number of hydrogen-bond donors (Lipinski definition) is 2. The zero-order valence-corrected chi connectivity index (χ0v) is 34.0. The van der Waals surface area contributed by atoms with Crippen molar-refractivity contribution in [2.24, 2.45) is 0 Å². The van der Waals surface area contributed by atoms with Crippen LogP contribution in [0.5, 0.6) is 0 Å². The summed E-state index contributed by atoms with van der Waals surface area (Å²) < 4.78 is 32.4. The van der Waals surface area contributed by atoms with Crippen LogP contribution >= 0.6 is 46.4 Å². The third-order valence-electron chi connectivity index (χ3n) is 9.90. The highest BCUT2D eigenvalue weighted by atomic mass is 35.5. The van der Waals surface area contributed by atoms with Gasteiger partial charge in [0.2, 0.25) is 0 Å². The molecule has 0 unspecified atom stereocenters. The Bertz CT molecular complexity index is 2110. The number of halogens is 4. The van der Waals surface area contributed by atoms with Crippen LogP contribution in [-0.2, 0) is 28.4 Å². The topological polar surface area (TPSA) is 171 Å². The number of benzene rings is 5. The first-order chi connectivity index (χ1) is 28.1. The molecule has 0 aliphatic carbocycles. The number of aliphatic hydroxyl groups excluding tert-OH is 2. The van der Waals surface area contributed by atoms with Gasteiger partial charge in [0.25, 0.3) is 23.6 Å². The van der Waals surface area contributed by atoms with Crippen molar-refractivity contribution in [1.82, 2.24) is 9.80 Å². The van der Waals surface area contributed by atoms with E-state index < -0.39 is 23.6 Å². The van der Waals surface area contributed by atoms with Crippen LogP contribution in [0.3, 0.4) is 0 Å². The predicted octanol–water partition coefficient (Wildman–Crippen LogP) is 5.63. The number of carbonyl (C=O) groups is 4. The van der Waals surface area contributed by atoms with Crippen LogP contribution in [0.1, 0.15) is 41.4 Å². The molecule has 5 aromatic carbocycles. The molecule has 0 spiro atoms. The molecule has 4 amide bonds. The number of nitrogens with zero attached hydrogens (tertiary/aromatic N) is 2. The van der Waals surface area contributed by atoms with Crippen molar-refractivity contribution in [2.45, 2.75) is 0 Å². The molecule has 7 rings (SSSR count). The van der Waals surface area contributed by atoms with Crippen molar-refractivity contribution in [2.75, 3.05) is 106 Å². The van der Waals surface area contributed by atoms with Crippen molar-refractivity contribution in [3.63, 3.8) is 0 Å². The van der Waals surface area contributed by atoms with Crippen molar-refractivity contribution in [3.05, 3.63) is 66.6 Å². The fraction of sp³-hybridized carbons (Fsp3) is 0.400. The quantitative estimate of drug-likeness (QED) is 0.0381. The molecule has 0 fully saturated rings. The van der Waals surface area contributed by atoms with Gasteiger partial charge in [0.1, 0.15) is 0 Å². The lowest BCUT2D eigenvalue weighted by atomic mass is 9.82. The van der Waals surface area contributed by atoms with Gasteiger partial charge in [-0.25, -0.2) is 0 Å². The molecule has 14 nitrogen and oxygen atoms in total. The van der Waals surface area contributed by atoms with Crippen LogP contribution in [0, 0.1) is 0 Å². The molecule has 0 atom stereocenters. The Hall–Kier alpha value is -3.48. The molecule has 2 aliphatic heterocycles. The van der Waals surface area contributed by atoms with E-state index in [0.29, 0.717) is 69.5 Å². The maximum atomic E-state index is 14.0. The van der Waals surface area contributed by atoms with Crippen LogP contribution < -0.4 is 0 Å². The van der Waals surface area contributed by atoms with Gasteiger partial charge in [0.15, 0.2) is 0 Å². The standard InChI is InChI=1S/C40H38Cl4N2O12/c41-25-17-21-29-22(38(50)45(37(21)49)1-5-53-9-13-57-15-11-55-7-3-47)18-26(42)32-34-28(44)20-24-30-23(19-27(43)33(36(30)34)31(25)35(29)32)39(51)46(40(24)52)2-6-54-10-14-58-16-12-56-8-4-48/h17-20,47-48H,1-16H2. The normalized spacial score (nSPS) is 14.2. The number of rotatable bonds is 22. The molecule has 58 heavy (non-hydrogen) atoms. The summed E-state index contributed by atoms with van der Waals surface area (Å²) >= 11 is 28.2. The van der Waals surface area contributed by atoms with Crippen LogP contribution in [0.4, 0.5) is 0 Å². The Balaban J connectivity index is 1.18. The minimum atomic E-state index is -0.579. The number of hydrogen-bond acceptors (Lipinski definition) is 12. The second-order valence-corrected chi connectivity index (χ2v) is 14.9. The Morgan fingerprint density at radius 1 is 0.362 bits per heavy atom. The number of aliphatic hydroxyl groups is 2. The lowest BCUT2D eigenvalue weighted by molar-refractivity contribution is 0.00495. The van der Waals surface area contributed by atoms with E-state index in [1.807, 2.05) is 0 Å². The van der Waals surface area contributed by atoms with Gasteiger partial charge in [0.05, 0.1) is 128 Å². The summed E-state index contributed by atoms with van der Waals surface area (Å²) in [5.41, 5.74) is 0.687. The van der Waals surface area contributed by atoms with Crippen LogP contribution in [0.25, 0.3) is 43.1 Å². The molecule has 0 saturated carbocycles. The van der Waals surface area contributed by atoms with E-state index in [4.69, 9.17) is 85.0 Å². The number of carbonyl (C=O) groups excluding carboxylic acids is 4. The first-order valence-electron chi connectivity index (χ1n) is 18.5. The molecule has 0 saturated heterocycles. The van der Waals surface area contributed by atoms with E-state index in [2.05, 4.69) is 0 Å². The highest BCUT2D eigenvalue weighted by molar-refractivity contribution is 6.56. The molecule has 2 N–H and O–H groups in total. The average molecular weight is 881 g/mol. The second kappa shape index (κ2) is 18.8. The van der Waals surface area contributed by atoms with Gasteiger partial charge in [-0.15, -0.1) is 0 Å². The van der Waals surface area contributed by atoms with Gasteiger partial charge < -0.3 is 38.6 Å². The van der Waals surface area contributed by atoms with Gasteiger partial charge >= 0.3 is 0 Å². The number of amides is 4. The SMILES string of the molecule is O=C1c2cc(Cl)c3c4c(Cl)cc5c6c(cc(Cl)c(c7c(Cl)cc(c2c37)C(=O)N1CCOCCOCCOCCO)c64)C(=O)N(CCOCCOCCOCCO)C5=O. The van der Waals surface area contributed by atoms with Crippen molar-refractivity contribution in [1.29, 1.82) is 0 Å². The Morgan fingerprint density at radius 3 is 0.862 bits per heavy atom. The third-order valence-corrected chi connectivity index (χ3v) is 11.1. The van der Waals surface area contributed by atoms with Gasteiger partial charge in [-0.3, -0.25) is 29.0 Å². The van der Waals surface area contributed by atoms with Crippen molar-refractivity contribution < 1.29 is 57.8 Å². The molecule has 0 radical (unpaired) electrons. The maximum absolute atomic E-state index is 14.0. The minimum Gasteiger partial charge on any atom is -0.394 e. The summed E-state index contributed by atoms with van der Waals surface area (Å²) in [7, 11) is 0. The van der Waals surface area contributed by atoms with Gasteiger partial charge in [-0.05, 0) is 24.3 Å². The van der Waals surface area contributed by atoms with E-state index in [9.17, 15) is 19.2 Å². The van der Waals surface area contributed by atoms with Gasteiger partial charge in [0, 0.05) is 63.2 Å². The average Bonchev–Trinajstić information content (AvgIpc) is 3.20. The summed E-state index contributed by atoms with van der Waals surface area (Å²) in [5.74, 6) is -2.31. The molecular formula is C40H38Cl4N2O12. The summed E-state index contributed by atoms with van der Waals surface area (Å²) in [6, 6.07) is 5.95. The van der Waals surface area contributed by atoms with E-state index in [0.717, 1.165) is 9.80 Å². The summed E-state index contributed by atoms with van der Waals surface area (Å²) in [6.45, 7) is 2.58. The van der Waals surface area contributed by atoms with Crippen molar-refractivity contribution >= 4 is 113 Å². The molecule has 2 heterocycles. The molecular weight excluding hydrogens is 842 g/mol. The zero-order chi connectivity index (χ0) is 41.1. The Kier molecular flexibility index (Phi) is 13.8. The highest BCUT2D eigenvalue weighted by Gasteiger charge is 2.39. The summed E-state index contributed by atoms with van der Waals surface area (Å²) in [4.78, 5) is 58.2.